The number of carbonyl (C=O) groups excluding carboxylic acids is 1. The molecule has 3 heteroatoms. The van der Waals surface area contributed by atoms with Gasteiger partial charge in [0.25, 0.3) is 0 Å². The molecule has 0 atom stereocenters. The highest BCUT2D eigenvalue weighted by Crippen LogP contribution is 2.12. The van der Waals surface area contributed by atoms with E-state index in [2.05, 4.69) is 36.5 Å². The van der Waals surface area contributed by atoms with Crippen molar-refractivity contribution in [3.05, 3.63) is 59.4 Å². The minimum Gasteiger partial charge on any atom is -0.463 e. The zero-order chi connectivity index (χ0) is 15.2. The largest absolute Gasteiger partial charge is 0.463 e. The zero-order valence-corrected chi connectivity index (χ0v) is 13.0. The normalized spacial score (nSPS) is 10.9. The summed E-state index contributed by atoms with van der Waals surface area (Å²) in [6.07, 6.45) is 4.37. The first kappa shape index (κ1) is 15.4. The summed E-state index contributed by atoms with van der Waals surface area (Å²) >= 11 is 0. The van der Waals surface area contributed by atoms with Gasteiger partial charge < -0.3 is 9.30 Å². The molecule has 112 valence electrons. The molecule has 1 heterocycles. The highest BCUT2D eigenvalue weighted by atomic mass is 16.5. The lowest BCUT2D eigenvalue weighted by atomic mass is 10.1. The first-order chi connectivity index (χ1) is 10.0. The monoisotopic (exact) mass is 285 g/mol. The van der Waals surface area contributed by atoms with Crippen LogP contribution in [0.3, 0.4) is 0 Å². The van der Waals surface area contributed by atoms with E-state index in [0.29, 0.717) is 6.42 Å². The molecule has 0 unspecified atom stereocenters. The maximum absolute atomic E-state index is 11.7. The molecule has 0 saturated carbocycles. The van der Waals surface area contributed by atoms with Gasteiger partial charge in [-0.1, -0.05) is 30.3 Å². The van der Waals surface area contributed by atoms with Crippen LogP contribution in [0.25, 0.3) is 0 Å². The van der Waals surface area contributed by atoms with Crippen molar-refractivity contribution in [3.63, 3.8) is 0 Å². The third kappa shape index (κ3) is 4.78. The van der Waals surface area contributed by atoms with Gasteiger partial charge in [-0.3, -0.25) is 4.79 Å². The minimum absolute atomic E-state index is 0.0599. The van der Waals surface area contributed by atoms with Gasteiger partial charge in [-0.15, -0.1) is 0 Å². The molecular weight excluding hydrogens is 262 g/mol. The van der Waals surface area contributed by atoms with Crippen LogP contribution >= 0.6 is 0 Å². The van der Waals surface area contributed by atoms with Crippen LogP contribution in [0.2, 0.25) is 0 Å². The number of aryl methyl sites for hydroxylation is 3. The molecule has 2 aromatic rings. The van der Waals surface area contributed by atoms with Gasteiger partial charge in [-0.05, 0) is 43.9 Å². The number of benzene rings is 1. The zero-order valence-electron chi connectivity index (χ0n) is 13.0. The smallest absolute Gasteiger partial charge is 0.312 e. The van der Waals surface area contributed by atoms with Crippen molar-refractivity contribution < 1.29 is 9.53 Å². The Hall–Kier alpha value is -2.03. The minimum atomic E-state index is -0.166. The second kappa shape index (κ2) is 7.11. The lowest BCUT2D eigenvalue weighted by molar-refractivity contribution is -0.146. The highest BCUT2D eigenvalue weighted by Gasteiger charge is 2.11. The summed E-state index contributed by atoms with van der Waals surface area (Å²) in [5.74, 6) is -0.166. The van der Waals surface area contributed by atoms with Crippen molar-refractivity contribution in [2.24, 2.45) is 7.05 Å². The fourth-order valence-corrected chi connectivity index (χ4v) is 2.38. The second-order valence-electron chi connectivity index (χ2n) is 5.65. The Morgan fingerprint density at radius 2 is 1.81 bits per heavy atom. The van der Waals surface area contributed by atoms with Crippen molar-refractivity contribution in [2.75, 3.05) is 0 Å². The maximum atomic E-state index is 11.7. The average molecular weight is 285 g/mol. The first-order valence-electron chi connectivity index (χ1n) is 7.42. The van der Waals surface area contributed by atoms with Gasteiger partial charge >= 0.3 is 5.97 Å². The summed E-state index contributed by atoms with van der Waals surface area (Å²) in [5.41, 5.74) is 3.60. The van der Waals surface area contributed by atoms with Crippen LogP contribution in [0.15, 0.2) is 42.6 Å². The fraction of sp³-hybridized carbons (Fsp3) is 0.389. The van der Waals surface area contributed by atoms with E-state index < -0.39 is 0 Å². The van der Waals surface area contributed by atoms with Crippen LogP contribution in [0.4, 0.5) is 0 Å². The van der Waals surface area contributed by atoms with E-state index in [1.807, 2.05) is 31.5 Å². The predicted octanol–water partition coefficient (Wildman–Crippen LogP) is 3.30. The van der Waals surface area contributed by atoms with E-state index in [1.165, 1.54) is 11.1 Å². The quantitative estimate of drug-likeness (QED) is 0.763. The van der Waals surface area contributed by atoms with Crippen molar-refractivity contribution in [3.8, 4) is 0 Å². The Bertz CT molecular complexity index is 585. The summed E-state index contributed by atoms with van der Waals surface area (Å²) in [5, 5.41) is 0. The highest BCUT2D eigenvalue weighted by molar-refractivity contribution is 5.72. The Labute approximate surface area is 126 Å². The Morgan fingerprint density at radius 3 is 2.48 bits per heavy atom. The van der Waals surface area contributed by atoms with E-state index in [0.717, 1.165) is 18.5 Å². The Kier molecular flexibility index (Phi) is 5.20. The molecule has 0 fully saturated rings. The van der Waals surface area contributed by atoms with Crippen LogP contribution in [0, 0.1) is 0 Å². The second-order valence-corrected chi connectivity index (χ2v) is 5.65. The molecule has 0 aliphatic carbocycles. The summed E-state index contributed by atoms with van der Waals surface area (Å²) in [4.78, 5) is 11.7. The summed E-state index contributed by atoms with van der Waals surface area (Å²) in [6, 6.07) is 12.5. The van der Waals surface area contributed by atoms with Crippen molar-refractivity contribution in [2.45, 2.75) is 39.2 Å². The van der Waals surface area contributed by atoms with Gasteiger partial charge in [0.15, 0.2) is 0 Å². The molecule has 0 N–H and O–H groups in total. The van der Waals surface area contributed by atoms with Crippen LogP contribution < -0.4 is 0 Å². The standard InChI is InChI=1S/C18H23NO2/c1-14(2)21-18(20)12-17-11-16(13-19(17)3)10-9-15-7-5-4-6-8-15/h4-8,11,13-14H,9-10,12H2,1-3H3. The molecule has 0 spiro atoms. The molecule has 0 aliphatic rings. The lowest BCUT2D eigenvalue weighted by Gasteiger charge is -2.07. The SMILES string of the molecule is CC(C)OC(=O)Cc1cc(CCc2ccccc2)cn1C. The van der Waals surface area contributed by atoms with Crippen LogP contribution in [0.5, 0.6) is 0 Å². The van der Waals surface area contributed by atoms with Gasteiger partial charge in [-0.25, -0.2) is 0 Å². The van der Waals surface area contributed by atoms with Gasteiger partial charge in [-0.2, -0.15) is 0 Å². The molecule has 1 aromatic heterocycles. The predicted molar refractivity (Wildman–Crippen MR) is 84.2 cm³/mol. The molecule has 1 aromatic carbocycles. The number of aromatic nitrogens is 1. The van der Waals surface area contributed by atoms with Crippen LogP contribution in [-0.2, 0) is 35.8 Å². The van der Waals surface area contributed by atoms with Gasteiger partial charge in [0.2, 0.25) is 0 Å². The van der Waals surface area contributed by atoms with Crippen molar-refractivity contribution in [1.29, 1.82) is 0 Å². The van der Waals surface area contributed by atoms with Gasteiger partial charge in [0.1, 0.15) is 0 Å². The van der Waals surface area contributed by atoms with Crippen LogP contribution in [-0.4, -0.2) is 16.6 Å². The number of carbonyl (C=O) groups is 1. The van der Waals surface area contributed by atoms with Crippen molar-refractivity contribution >= 4 is 5.97 Å². The van der Waals surface area contributed by atoms with Crippen LogP contribution in [0.1, 0.15) is 30.7 Å². The molecule has 0 bridgehead atoms. The summed E-state index contributed by atoms with van der Waals surface area (Å²) in [6.45, 7) is 3.74. The maximum Gasteiger partial charge on any atom is 0.312 e. The number of ether oxygens (including phenoxy) is 1. The third-order valence-corrected chi connectivity index (χ3v) is 3.40. The number of nitrogens with zero attached hydrogens (tertiary/aromatic N) is 1. The number of esters is 1. The van der Waals surface area contributed by atoms with Crippen molar-refractivity contribution in [1.82, 2.24) is 4.57 Å². The Balaban J connectivity index is 1.94. The molecular formula is C18H23NO2. The van der Waals surface area contributed by atoms with E-state index in [9.17, 15) is 4.79 Å². The van der Waals surface area contributed by atoms with E-state index in [4.69, 9.17) is 4.74 Å². The molecule has 21 heavy (non-hydrogen) atoms. The summed E-state index contributed by atoms with van der Waals surface area (Å²) in [7, 11) is 1.98. The van der Waals surface area contributed by atoms with E-state index in [-0.39, 0.29) is 12.1 Å². The average Bonchev–Trinajstić information content (AvgIpc) is 2.77. The molecule has 0 amide bonds. The molecule has 0 saturated heterocycles. The number of hydrogen-bond donors (Lipinski definition) is 0. The third-order valence-electron chi connectivity index (χ3n) is 3.40. The fourth-order valence-electron chi connectivity index (χ4n) is 2.38. The number of hydrogen-bond acceptors (Lipinski definition) is 2. The van der Waals surface area contributed by atoms with E-state index >= 15 is 0 Å². The summed E-state index contributed by atoms with van der Waals surface area (Å²) < 4.78 is 7.21. The lowest BCUT2D eigenvalue weighted by Crippen LogP contribution is -2.14. The molecule has 3 nitrogen and oxygen atoms in total. The first-order valence-corrected chi connectivity index (χ1v) is 7.42. The Morgan fingerprint density at radius 1 is 1.14 bits per heavy atom. The van der Waals surface area contributed by atoms with Gasteiger partial charge in [0, 0.05) is 18.9 Å². The molecule has 0 aliphatic heterocycles. The topological polar surface area (TPSA) is 31.2 Å². The van der Waals surface area contributed by atoms with Gasteiger partial charge in [0.05, 0.1) is 12.5 Å². The molecule has 2 rings (SSSR count). The van der Waals surface area contributed by atoms with E-state index in [1.54, 1.807) is 0 Å². The molecule has 0 radical (unpaired) electrons. The number of rotatable bonds is 6.